The summed E-state index contributed by atoms with van der Waals surface area (Å²) in [5.41, 5.74) is 3.51. The number of rotatable bonds is 8. The topological polar surface area (TPSA) is 110 Å². The number of hydrogen-bond donors (Lipinski definition) is 2. The molecule has 0 saturated heterocycles. The molecule has 0 bridgehead atoms. The minimum Gasteiger partial charge on any atom is -0.490 e. The first-order chi connectivity index (χ1) is 14.4. The summed E-state index contributed by atoms with van der Waals surface area (Å²) >= 11 is 9.30. The van der Waals surface area contributed by atoms with Crippen LogP contribution in [0, 0.1) is 0 Å². The third-order valence-corrected chi connectivity index (χ3v) is 4.71. The number of aliphatic carboxylic acids is 1. The summed E-state index contributed by atoms with van der Waals surface area (Å²) in [7, 11) is 0. The molecule has 156 valence electrons. The van der Waals surface area contributed by atoms with Gasteiger partial charge in [0.15, 0.2) is 23.9 Å². The number of carboxylic acid groups (broad SMARTS) is 1. The van der Waals surface area contributed by atoms with E-state index in [1.54, 1.807) is 43.3 Å². The van der Waals surface area contributed by atoms with Crippen LogP contribution in [0.4, 0.5) is 0 Å². The predicted octanol–water partition coefficient (Wildman–Crippen LogP) is 4.47. The lowest BCUT2D eigenvalue weighted by molar-refractivity contribution is -0.139. The van der Waals surface area contributed by atoms with E-state index in [2.05, 4.69) is 26.5 Å². The van der Waals surface area contributed by atoms with Gasteiger partial charge in [-0.15, -0.1) is 0 Å². The highest BCUT2D eigenvalue weighted by Gasteiger charge is 2.13. The highest BCUT2D eigenvalue weighted by Crippen LogP contribution is 2.33. The highest BCUT2D eigenvalue weighted by molar-refractivity contribution is 9.10. The summed E-state index contributed by atoms with van der Waals surface area (Å²) in [4.78, 5) is 23.0. The standard InChI is InChI=1S/C20H16BrClN2O6/c1-2-28-16-7-12(14(21)8-17(16)29-10-19(25)26)9-23-24-20(27)18-6-11-5-13(22)3-4-15(11)30-18/h3-9H,2,10H2,1H3,(H,24,27)(H,25,26)/b23-9-. The number of amides is 1. The van der Waals surface area contributed by atoms with Gasteiger partial charge in [0.05, 0.1) is 12.8 Å². The van der Waals surface area contributed by atoms with Gasteiger partial charge in [-0.2, -0.15) is 5.10 Å². The maximum atomic E-state index is 12.3. The molecular formula is C20H16BrClN2O6. The third-order valence-electron chi connectivity index (χ3n) is 3.79. The van der Waals surface area contributed by atoms with Crippen molar-refractivity contribution < 1.29 is 28.6 Å². The number of nitrogens with one attached hydrogen (secondary N) is 1. The molecule has 0 saturated carbocycles. The van der Waals surface area contributed by atoms with Gasteiger partial charge >= 0.3 is 11.9 Å². The largest absolute Gasteiger partial charge is 0.490 e. The number of furan rings is 1. The molecule has 3 aromatic rings. The predicted molar refractivity (Wildman–Crippen MR) is 115 cm³/mol. The van der Waals surface area contributed by atoms with Crippen molar-refractivity contribution in [2.75, 3.05) is 13.2 Å². The van der Waals surface area contributed by atoms with Crippen LogP contribution in [0.3, 0.4) is 0 Å². The lowest BCUT2D eigenvalue weighted by atomic mass is 10.2. The molecule has 2 aromatic carbocycles. The van der Waals surface area contributed by atoms with Crippen molar-refractivity contribution in [2.45, 2.75) is 6.92 Å². The summed E-state index contributed by atoms with van der Waals surface area (Å²) in [6, 6.07) is 9.80. The summed E-state index contributed by atoms with van der Waals surface area (Å²) in [5, 5.41) is 14.0. The van der Waals surface area contributed by atoms with Crippen LogP contribution < -0.4 is 14.9 Å². The Hall–Kier alpha value is -3.04. The van der Waals surface area contributed by atoms with E-state index in [1.807, 2.05) is 0 Å². The monoisotopic (exact) mass is 494 g/mol. The highest BCUT2D eigenvalue weighted by atomic mass is 79.9. The molecule has 0 aliphatic carbocycles. The summed E-state index contributed by atoms with van der Waals surface area (Å²) in [6.45, 7) is 1.64. The molecule has 10 heteroatoms. The minimum absolute atomic E-state index is 0.0934. The second-order valence-electron chi connectivity index (χ2n) is 5.93. The number of carbonyl (C=O) groups excluding carboxylic acids is 1. The lowest BCUT2D eigenvalue weighted by Crippen LogP contribution is -2.16. The van der Waals surface area contributed by atoms with Crippen LogP contribution >= 0.6 is 27.5 Å². The Morgan fingerprint density at radius 1 is 1.23 bits per heavy atom. The fourth-order valence-corrected chi connectivity index (χ4v) is 3.12. The summed E-state index contributed by atoms with van der Waals surface area (Å²) in [5.74, 6) is -0.913. The van der Waals surface area contributed by atoms with Crippen molar-refractivity contribution in [3.05, 3.63) is 57.2 Å². The average Bonchev–Trinajstić information content (AvgIpc) is 3.12. The zero-order valence-corrected chi connectivity index (χ0v) is 18.0. The molecule has 1 heterocycles. The number of hydrazone groups is 1. The molecule has 1 amide bonds. The Kier molecular flexibility index (Phi) is 6.96. The van der Waals surface area contributed by atoms with Crippen molar-refractivity contribution in [1.82, 2.24) is 5.43 Å². The normalized spacial score (nSPS) is 11.0. The first-order valence-electron chi connectivity index (χ1n) is 8.70. The first-order valence-corrected chi connectivity index (χ1v) is 9.88. The van der Waals surface area contributed by atoms with E-state index >= 15 is 0 Å². The molecule has 30 heavy (non-hydrogen) atoms. The molecule has 0 aliphatic heterocycles. The zero-order chi connectivity index (χ0) is 21.7. The quantitative estimate of drug-likeness (QED) is 0.352. The Morgan fingerprint density at radius 3 is 2.73 bits per heavy atom. The summed E-state index contributed by atoms with van der Waals surface area (Å²) in [6.07, 6.45) is 1.41. The van der Waals surface area contributed by atoms with Gasteiger partial charge in [-0.3, -0.25) is 4.79 Å². The van der Waals surface area contributed by atoms with Crippen LogP contribution in [0.1, 0.15) is 23.0 Å². The number of carbonyl (C=O) groups is 2. The molecule has 2 N–H and O–H groups in total. The van der Waals surface area contributed by atoms with Crippen molar-refractivity contribution in [2.24, 2.45) is 5.10 Å². The molecular weight excluding hydrogens is 480 g/mol. The van der Waals surface area contributed by atoms with Crippen LogP contribution in [-0.2, 0) is 4.79 Å². The number of halogens is 2. The maximum Gasteiger partial charge on any atom is 0.341 e. The van der Waals surface area contributed by atoms with Gasteiger partial charge in [0.1, 0.15) is 5.58 Å². The second-order valence-corrected chi connectivity index (χ2v) is 7.22. The fraction of sp³-hybridized carbons (Fsp3) is 0.150. The van der Waals surface area contributed by atoms with Crippen LogP contribution in [-0.4, -0.2) is 36.4 Å². The van der Waals surface area contributed by atoms with Gasteiger partial charge in [-0.05, 0) is 59.3 Å². The number of nitrogens with zero attached hydrogens (tertiary/aromatic N) is 1. The maximum absolute atomic E-state index is 12.3. The van der Waals surface area contributed by atoms with Crippen LogP contribution in [0.2, 0.25) is 5.02 Å². The minimum atomic E-state index is -1.10. The van der Waals surface area contributed by atoms with Crippen molar-refractivity contribution in [3.63, 3.8) is 0 Å². The average molecular weight is 496 g/mol. The number of carboxylic acids is 1. The zero-order valence-electron chi connectivity index (χ0n) is 15.6. The van der Waals surface area contributed by atoms with Gasteiger partial charge < -0.3 is 19.0 Å². The Labute approximate surface area is 184 Å². The molecule has 0 atom stereocenters. The molecule has 0 unspecified atom stereocenters. The van der Waals surface area contributed by atoms with Crippen molar-refractivity contribution >= 4 is 56.6 Å². The van der Waals surface area contributed by atoms with E-state index in [-0.39, 0.29) is 11.5 Å². The van der Waals surface area contributed by atoms with Crippen molar-refractivity contribution in [1.29, 1.82) is 0 Å². The van der Waals surface area contributed by atoms with Gasteiger partial charge in [-0.25, -0.2) is 10.2 Å². The Balaban J connectivity index is 1.74. The van der Waals surface area contributed by atoms with Gasteiger partial charge in [-0.1, -0.05) is 11.6 Å². The van der Waals surface area contributed by atoms with E-state index in [0.29, 0.717) is 38.4 Å². The molecule has 3 rings (SSSR count). The van der Waals surface area contributed by atoms with Crippen LogP contribution in [0.5, 0.6) is 11.5 Å². The number of benzene rings is 2. The van der Waals surface area contributed by atoms with E-state index in [4.69, 9.17) is 30.6 Å². The SMILES string of the molecule is CCOc1cc(/C=N\NC(=O)c2cc3cc(Cl)ccc3o2)c(Br)cc1OCC(=O)O. The summed E-state index contributed by atoms with van der Waals surface area (Å²) < 4.78 is 16.8. The van der Waals surface area contributed by atoms with E-state index in [9.17, 15) is 9.59 Å². The Morgan fingerprint density at radius 2 is 2.00 bits per heavy atom. The smallest absolute Gasteiger partial charge is 0.341 e. The van der Waals surface area contributed by atoms with Gasteiger partial charge in [0.25, 0.3) is 0 Å². The number of hydrogen-bond acceptors (Lipinski definition) is 6. The molecule has 0 radical (unpaired) electrons. The number of fused-ring (bicyclic) bond motifs is 1. The fourth-order valence-electron chi connectivity index (χ4n) is 2.51. The number of ether oxygens (including phenoxy) is 2. The molecule has 0 aliphatic rings. The molecule has 8 nitrogen and oxygen atoms in total. The molecule has 1 aromatic heterocycles. The van der Waals surface area contributed by atoms with E-state index in [0.717, 1.165) is 0 Å². The van der Waals surface area contributed by atoms with Crippen molar-refractivity contribution in [3.8, 4) is 11.5 Å². The third kappa shape index (κ3) is 5.31. The van der Waals surface area contributed by atoms with Gasteiger partial charge in [0.2, 0.25) is 0 Å². The van der Waals surface area contributed by atoms with E-state index < -0.39 is 18.5 Å². The Bertz CT molecular complexity index is 1130. The molecule has 0 spiro atoms. The molecule has 0 fully saturated rings. The van der Waals surface area contributed by atoms with E-state index in [1.165, 1.54) is 6.21 Å². The van der Waals surface area contributed by atoms with Crippen LogP contribution in [0.25, 0.3) is 11.0 Å². The van der Waals surface area contributed by atoms with Gasteiger partial charge in [0, 0.05) is 20.4 Å². The lowest BCUT2D eigenvalue weighted by Gasteiger charge is -2.12. The van der Waals surface area contributed by atoms with Crippen LogP contribution in [0.15, 0.2) is 50.4 Å². The first kappa shape index (κ1) is 21.7. The second kappa shape index (κ2) is 9.64.